The number of aliphatic hydroxyl groups is 2. The molecule has 0 heterocycles. The fraction of sp³-hybridized carbons (Fsp3) is 0.667. The number of ether oxygens (including phenoxy) is 2. The molecule has 0 amide bonds. The van der Waals surface area contributed by atoms with Gasteiger partial charge in [-0.05, 0) is 50.9 Å². The van der Waals surface area contributed by atoms with E-state index in [1.807, 2.05) is 36.5 Å². The van der Waals surface area contributed by atoms with Gasteiger partial charge in [-0.2, -0.15) is 0 Å². The van der Waals surface area contributed by atoms with Crippen LogP contribution in [0.5, 0.6) is 0 Å². The Morgan fingerprint density at radius 3 is 1.98 bits per heavy atom. The van der Waals surface area contributed by atoms with Gasteiger partial charge in [0.25, 0.3) is 0 Å². The number of rotatable bonds is 27. The first-order chi connectivity index (χ1) is 20.4. The molecule has 240 valence electrons. The fourth-order valence-electron chi connectivity index (χ4n) is 4.00. The lowest BCUT2D eigenvalue weighted by molar-refractivity contribution is -0.152. The summed E-state index contributed by atoms with van der Waals surface area (Å²) in [5, 5.41) is 19.9. The monoisotopic (exact) mass is 588 g/mol. The Morgan fingerprint density at radius 2 is 1.29 bits per heavy atom. The molecule has 0 saturated carbocycles. The van der Waals surface area contributed by atoms with Crippen LogP contribution in [0.1, 0.15) is 124 Å². The second-order valence-electron chi connectivity index (χ2n) is 11.0. The van der Waals surface area contributed by atoms with Gasteiger partial charge in [0.15, 0.2) is 0 Å². The fourth-order valence-corrected chi connectivity index (χ4v) is 4.00. The Kier molecular flexibility index (Phi) is 28.3. The molecule has 2 N–H and O–H groups in total. The van der Waals surface area contributed by atoms with Crippen LogP contribution in [-0.2, 0) is 19.1 Å². The maximum atomic E-state index is 11.9. The minimum atomic E-state index is -1.00. The summed E-state index contributed by atoms with van der Waals surface area (Å²) in [7, 11) is 0. The van der Waals surface area contributed by atoms with E-state index in [4.69, 9.17) is 9.47 Å². The Morgan fingerprint density at radius 1 is 0.690 bits per heavy atom. The van der Waals surface area contributed by atoms with Gasteiger partial charge in [0.05, 0.1) is 6.10 Å². The zero-order chi connectivity index (χ0) is 31.1. The van der Waals surface area contributed by atoms with E-state index in [2.05, 4.69) is 39.0 Å². The highest BCUT2D eigenvalue weighted by Crippen LogP contribution is 2.14. The molecular formula is C36H60O6. The lowest BCUT2D eigenvalue weighted by Crippen LogP contribution is -2.25. The molecule has 0 rings (SSSR count). The predicted octanol–water partition coefficient (Wildman–Crippen LogP) is 8.49. The summed E-state index contributed by atoms with van der Waals surface area (Å²) in [6.07, 6.45) is 33.1. The van der Waals surface area contributed by atoms with E-state index in [9.17, 15) is 19.8 Å². The first kappa shape index (κ1) is 39.6. The van der Waals surface area contributed by atoms with Crippen molar-refractivity contribution in [3.05, 3.63) is 60.8 Å². The molecule has 0 spiro atoms. The van der Waals surface area contributed by atoms with E-state index in [1.54, 1.807) is 6.08 Å². The second kappa shape index (κ2) is 30.0. The molecule has 6 nitrogen and oxygen atoms in total. The van der Waals surface area contributed by atoms with E-state index in [-0.39, 0.29) is 31.6 Å². The van der Waals surface area contributed by atoms with Gasteiger partial charge in [-0.3, -0.25) is 9.59 Å². The van der Waals surface area contributed by atoms with Crippen LogP contribution in [0.25, 0.3) is 0 Å². The van der Waals surface area contributed by atoms with Crippen molar-refractivity contribution in [2.24, 2.45) is 5.92 Å². The van der Waals surface area contributed by atoms with Crippen molar-refractivity contribution in [1.82, 2.24) is 0 Å². The molecule has 0 aliphatic rings. The predicted molar refractivity (Wildman–Crippen MR) is 174 cm³/mol. The molecule has 0 aromatic heterocycles. The van der Waals surface area contributed by atoms with Crippen molar-refractivity contribution in [3.63, 3.8) is 0 Å². The van der Waals surface area contributed by atoms with Gasteiger partial charge in [0, 0.05) is 12.8 Å². The quantitative estimate of drug-likeness (QED) is 0.0433. The molecule has 0 aromatic rings. The van der Waals surface area contributed by atoms with Gasteiger partial charge in [-0.25, -0.2) is 0 Å². The van der Waals surface area contributed by atoms with Crippen LogP contribution in [0.3, 0.4) is 0 Å². The average Bonchev–Trinajstić information content (AvgIpc) is 2.98. The van der Waals surface area contributed by atoms with E-state index >= 15 is 0 Å². The van der Waals surface area contributed by atoms with Crippen molar-refractivity contribution in [2.45, 2.75) is 136 Å². The molecule has 0 aliphatic heterocycles. The van der Waals surface area contributed by atoms with Crippen LogP contribution in [-0.4, -0.2) is 47.6 Å². The SMILES string of the molecule is CC/C=C\C/C=C\CC(O)/C=C/C=C\C/C=C\CCCC(=O)OC[C@H](O)COC(=O)CCCCCCCCC(C)CC. The number of unbranched alkanes of at least 4 members (excludes halogenated alkanes) is 6. The van der Waals surface area contributed by atoms with E-state index in [0.29, 0.717) is 19.3 Å². The number of allylic oxidation sites excluding steroid dienone is 8. The molecule has 42 heavy (non-hydrogen) atoms. The van der Waals surface area contributed by atoms with Gasteiger partial charge < -0.3 is 19.7 Å². The molecule has 3 atom stereocenters. The summed E-state index contributed by atoms with van der Waals surface area (Å²) < 4.78 is 10.2. The van der Waals surface area contributed by atoms with Crippen molar-refractivity contribution in [3.8, 4) is 0 Å². The van der Waals surface area contributed by atoms with Crippen LogP contribution in [0, 0.1) is 5.92 Å². The summed E-state index contributed by atoms with van der Waals surface area (Å²) in [5.41, 5.74) is 0. The second-order valence-corrected chi connectivity index (χ2v) is 11.0. The van der Waals surface area contributed by atoms with Crippen molar-refractivity contribution >= 4 is 11.9 Å². The first-order valence-corrected chi connectivity index (χ1v) is 16.3. The van der Waals surface area contributed by atoms with Crippen LogP contribution >= 0.6 is 0 Å². The van der Waals surface area contributed by atoms with Crippen molar-refractivity contribution < 1.29 is 29.3 Å². The Hall–Kier alpha value is -2.44. The Balaban J connectivity index is 3.70. The number of hydrogen-bond acceptors (Lipinski definition) is 6. The number of hydrogen-bond donors (Lipinski definition) is 2. The molecular weight excluding hydrogens is 528 g/mol. The smallest absolute Gasteiger partial charge is 0.305 e. The van der Waals surface area contributed by atoms with Crippen LogP contribution in [0.4, 0.5) is 0 Å². The van der Waals surface area contributed by atoms with Crippen LogP contribution < -0.4 is 0 Å². The van der Waals surface area contributed by atoms with Gasteiger partial charge in [0.2, 0.25) is 0 Å². The van der Waals surface area contributed by atoms with Gasteiger partial charge >= 0.3 is 11.9 Å². The largest absolute Gasteiger partial charge is 0.463 e. The number of esters is 2. The summed E-state index contributed by atoms with van der Waals surface area (Å²) in [6.45, 7) is 6.33. The molecule has 0 radical (unpaired) electrons. The molecule has 0 aromatic carbocycles. The summed E-state index contributed by atoms with van der Waals surface area (Å²) in [6, 6.07) is 0. The average molecular weight is 589 g/mol. The lowest BCUT2D eigenvalue weighted by Gasteiger charge is -2.12. The highest BCUT2D eigenvalue weighted by Gasteiger charge is 2.12. The highest BCUT2D eigenvalue weighted by molar-refractivity contribution is 5.69. The van der Waals surface area contributed by atoms with Gasteiger partial charge in [0.1, 0.15) is 19.3 Å². The molecule has 0 aliphatic carbocycles. The summed E-state index contributed by atoms with van der Waals surface area (Å²) >= 11 is 0. The summed E-state index contributed by atoms with van der Waals surface area (Å²) in [4.78, 5) is 23.7. The number of aliphatic hydroxyl groups excluding tert-OH is 2. The highest BCUT2D eigenvalue weighted by atomic mass is 16.6. The van der Waals surface area contributed by atoms with Crippen molar-refractivity contribution in [2.75, 3.05) is 13.2 Å². The standard InChI is InChI=1S/C36H60O6/c1-4-6-7-8-16-21-26-33(37)27-22-17-11-9-10-12-18-23-28-35(39)41-30-34(38)31-42-36(40)29-24-19-14-13-15-20-25-32(3)5-2/h6-7,10-12,16-17,21-22,27,32-34,37-38H,4-5,8-9,13-15,18-20,23-26,28-31H2,1-3H3/b7-6-,12-10-,17-11-,21-16-,27-22+/t32?,33?,34-/m0/s1. The van der Waals surface area contributed by atoms with Gasteiger partial charge in [-0.1, -0.05) is 126 Å². The maximum Gasteiger partial charge on any atom is 0.305 e. The molecule has 0 bridgehead atoms. The van der Waals surface area contributed by atoms with E-state index in [0.717, 1.165) is 50.9 Å². The topological polar surface area (TPSA) is 93.1 Å². The maximum absolute atomic E-state index is 11.9. The van der Waals surface area contributed by atoms with E-state index in [1.165, 1.54) is 32.1 Å². The zero-order valence-electron chi connectivity index (χ0n) is 26.8. The van der Waals surface area contributed by atoms with Crippen LogP contribution in [0.2, 0.25) is 0 Å². The Labute approximate surface area is 256 Å². The first-order valence-electron chi connectivity index (χ1n) is 16.3. The normalized spacial score (nSPS) is 14.5. The van der Waals surface area contributed by atoms with Crippen molar-refractivity contribution in [1.29, 1.82) is 0 Å². The zero-order valence-corrected chi connectivity index (χ0v) is 26.8. The molecule has 2 unspecified atom stereocenters. The molecule has 0 fully saturated rings. The minimum Gasteiger partial charge on any atom is -0.463 e. The lowest BCUT2D eigenvalue weighted by atomic mass is 10.00. The minimum absolute atomic E-state index is 0.153. The number of carbonyl (C=O) groups is 2. The molecule has 0 saturated heterocycles. The van der Waals surface area contributed by atoms with Crippen LogP contribution in [0.15, 0.2) is 60.8 Å². The Bertz CT molecular complexity index is 795. The third-order valence-corrected chi connectivity index (χ3v) is 6.89. The third-order valence-electron chi connectivity index (χ3n) is 6.89. The summed E-state index contributed by atoms with van der Waals surface area (Å²) in [5.74, 6) is 0.137. The van der Waals surface area contributed by atoms with Gasteiger partial charge in [-0.15, -0.1) is 0 Å². The van der Waals surface area contributed by atoms with E-state index < -0.39 is 12.2 Å². The molecule has 6 heteroatoms. The third kappa shape index (κ3) is 29.1. The number of carbonyl (C=O) groups excluding carboxylic acids is 2.